The molecular weight excluding hydrogens is 352 g/mol. The van der Waals surface area contributed by atoms with E-state index in [1.807, 2.05) is 60.7 Å². The molecule has 3 rings (SSSR count). The molecule has 0 aromatic heterocycles. The molecule has 1 atom stereocenters. The minimum absolute atomic E-state index is 0.215. The number of benzene rings is 3. The third-order valence-electron chi connectivity index (χ3n) is 4.24. The molecule has 28 heavy (non-hydrogen) atoms. The lowest BCUT2D eigenvalue weighted by Crippen LogP contribution is -2.37. The lowest BCUT2D eigenvalue weighted by Gasteiger charge is -2.12. The molecule has 0 radical (unpaired) electrons. The maximum Gasteiger partial charge on any atom is 0.338 e. The number of carbonyl (C=O) groups is 2. The minimum Gasteiger partial charge on any atom is -0.457 e. The van der Waals surface area contributed by atoms with Crippen LogP contribution in [0.3, 0.4) is 0 Å². The van der Waals surface area contributed by atoms with Gasteiger partial charge in [-0.2, -0.15) is 0 Å². The fourth-order valence-corrected chi connectivity index (χ4v) is 2.69. The van der Waals surface area contributed by atoms with Crippen LogP contribution in [0.25, 0.3) is 0 Å². The summed E-state index contributed by atoms with van der Waals surface area (Å²) in [7, 11) is 0. The van der Waals surface area contributed by atoms with Crippen LogP contribution in [0.4, 0.5) is 5.69 Å². The molecule has 5 nitrogen and oxygen atoms in total. The van der Waals surface area contributed by atoms with Gasteiger partial charge in [-0.3, -0.25) is 4.79 Å². The molecule has 1 amide bonds. The van der Waals surface area contributed by atoms with Gasteiger partial charge in [-0.05, 0) is 41.8 Å². The maximum atomic E-state index is 12.3. The van der Waals surface area contributed by atoms with Gasteiger partial charge in [0.25, 0.3) is 0 Å². The number of hydrogen-bond acceptors (Lipinski definition) is 4. The van der Waals surface area contributed by atoms with E-state index in [-0.39, 0.29) is 12.5 Å². The van der Waals surface area contributed by atoms with E-state index in [0.29, 0.717) is 17.7 Å². The van der Waals surface area contributed by atoms with Crippen LogP contribution < -0.4 is 11.1 Å². The van der Waals surface area contributed by atoms with E-state index in [9.17, 15) is 9.59 Å². The highest BCUT2D eigenvalue weighted by atomic mass is 16.5. The Labute approximate surface area is 164 Å². The SMILES string of the molecule is N[C@@H](Cc1ccccc1)C(=O)Nc1ccc(C(=O)OCc2ccccc2)cc1. The average molecular weight is 374 g/mol. The Hall–Kier alpha value is -3.44. The molecule has 3 aromatic carbocycles. The third-order valence-corrected chi connectivity index (χ3v) is 4.24. The Bertz CT molecular complexity index is 910. The highest BCUT2D eigenvalue weighted by Gasteiger charge is 2.15. The molecule has 0 saturated heterocycles. The van der Waals surface area contributed by atoms with E-state index in [2.05, 4.69) is 5.32 Å². The van der Waals surface area contributed by atoms with Gasteiger partial charge >= 0.3 is 5.97 Å². The van der Waals surface area contributed by atoms with Crippen molar-refractivity contribution >= 4 is 17.6 Å². The molecular formula is C23H22N2O3. The van der Waals surface area contributed by atoms with Crippen molar-refractivity contribution in [2.24, 2.45) is 5.73 Å². The normalized spacial score (nSPS) is 11.5. The fourth-order valence-electron chi connectivity index (χ4n) is 2.69. The quantitative estimate of drug-likeness (QED) is 0.620. The number of anilines is 1. The minimum atomic E-state index is -0.655. The highest BCUT2D eigenvalue weighted by Crippen LogP contribution is 2.13. The molecule has 0 aliphatic rings. The van der Waals surface area contributed by atoms with E-state index < -0.39 is 12.0 Å². The summed E-state index contributed by atoms with van der Waals surface area (Å²) in [5, 5.41) is 2.77. The summed E-state index contributed by atoms with van der Waals surface area (Å²) in [5.41, 5.74) is 8.90. The van der Waals surface area contributed by atoms with Crippen LogP contribution in [0.2, 0.25) is 0 Å². The zero-order valence-corrected chi connectivity index (χ0v) is 15.4. The molecule has 0 heterocycles. The number of amides is 1. The van der Waals surface area contributed by atoms with Crippen molar-refractivity contribution in [2.45, 2.75) is 19.1 Å². The summed E-state index contributed by atoms with van der Waals surface area (Å²) >= 11 is 0. The fraction of sp³-hybridized carbons (Fsp3) is 0.130. The summed E-state index contributed by atoms with van der Waals surface area (Å²) in [6.07, 6.45) is 0.455. The van der Waals surface area contributed by atoms with Crippen molar-refractivity contribution in [3.05, 3.63) is 102 Å². The van der Waals surface area contributed by atoms with Gasteiger partial charge in [0.2, 0.25) is 5.91 Å². The first-order valence-corrected chi connectivity index (χ1v) is 9.03. The molecule has 142 valence electrons. The Balaban J connectivity index is 1.52. The van der Waals surface area contributed by atoms with Gasteiger partial charge in [-0.25, -0.2) is 4.79 Å². The van der Waals surface area contributed by atoms with Gasteiger partial charge in [0.15, 0.2) is 0 Å². The number of nitrogens with two attached hydrogens (primary N) is 1. The zero-order valence-electron chi connectivity index (χ0n) is 15.4. The number of hydrogen-bond donors (Lipinski definition) is 2. The molecule has 0 aliphatic carbocycles. The smallest absolute Gasteiger partial charge is 0.338 e. The van der Waals surface area contributed by atoms with Crippen LogP contribution >= 0.6 is 0 Å². The van der Waals surface area contributed by atoms with Gasteiger partial charge in [-0.1, -0.05) is 60.7 Å². The molecule has 3 aromatic rings. The topological polar surface area (TPSA) is 81.4 Å². The third kappa shape index (κ3) is 5.53. The monoisotopic (exact) mass is 374 g/mol. The second kappa shape index (κ2) is 9.48. The second-order valence-electron chi connectivity index (χ2n) is 6.42. The molecule has 0 bridgehead atoms. The first kappa shape index (κ1) is 19.3. The Kier molecular flexibility index (Phi) is 6.54. The molecule has 3 N–H and O–H groups in total. The number of carbonyl (C=O) groups excluding carboxylic acids is 2. The second-order valence-corrected chi connectivity index (χ2v) is 6.42. The molecule has 0 spiro atoms. The summed E-state index contributed by atoms with van der Waals surface area (Å²) < 4.78 is 5.29. The molecule has 0 unspecified atom stereocenters. The highest BCUT2D eigenvalue weighted by molar-refractivity contribution is 5.95. The summed E-state index contributed by atoms with van der Waals surface area (Å²) in [6.45, 7) is 0.215. The maximum absolute atomic E-state index is 12.3. The first-order valence-electron chi connectivity index (χ1n) is 9.03. The molecule has 0 saturated carbocycles. The number of nitrogens with one attached hydrogen (secondary N) is 1. The van der Waals surface area contributed by atoms with Gasteiger partial charge in [0, 0.05) is 5.69 Å². The van der Waals surface area contributed by atoms with E-state index in [1.54, 1.807) is 24.3 Å². The van der Waals surface area contributed by atoms with Crippen LogP contribution in [0.5, 0.6) is 0 Å². The van der Waals surface area contributed by atoms with Gasteiger partial charge < -0.3 is 15.8 Å². The van der Waals surface area contributed by atoms with Crippen LogP contribution in [0.1, 0.15) is 21.5 Å². The van der Waals surface area contributed by atoms with Crippen LogP contribution in [-0.2, 0) is 22.6 Å². The average Bonchev–Trinajstić information content (AvgIpc) is 2.74. The summed E-state index contributed by atoms with van der Waals surface area (Å²) in [4.78, 5) is 24.4. The number of esters is 1. The standard InChI is InChI=1S/C23H22N2O3/c24-21(15-17-7-3-1-4-8-17)22(26)25-20-13-11-19(12-14-20)23(27)28-16-18-9-5-2-6-10-18/h1-14,21H,15-16,24H2,(H,25,26)/t21-/m0/s1. The number of rotatable bonds is 7. The van der Waals surface area contributed by atoms with Crippen molar-refractivity contribution < 1.29 is 14.3 Å². The van der Waals surface area contributed by atoms with Crippen LogP contribution in [-0.4, -0.2) is 17.9 Å². The first-order chi connectivity index (χ1) is 13.6. The Morgan fingerprint density at radius 3 is 2.00 bits per heavy atom. The van der Waals surface area contributed by atoms with Crippen molar-refractivity contribution in [3.8, 4) is 0 Å². The van der Waals surface area contributed by atoms with Crippen molar-refractivity contribution in [1.82, 2.24) is 0 Å². The van der Waals surface area contributed by atoms with Crippen molar-refractivity contribution in [1.29, 1.82) is 0 Å². The predicted octanol–water partition coefficient (Wildman–Crippen LogP) is 3.55. The van der Waals surface area contributed by atoms with Crippen LogP contribution in [0, 0.1) is 0 Å². The summed E-state index contributed by atoms with van der Waals surface area (Å²) in [6, 6.07) is 25.0. The molecule has 0 aliphatic heterocycles. The number of ether oxygens (including phenoxy) is 1. The predicted molar refractivity (Wildman–Crippen MR) is 109 cm³/mol. The van der Waals surface area contributed by atoms with Crippen molar-refractivity contribution in [2.75, 3.05) is 5.32 Å². The van der Waals surface area contributed by atoms with E-state index >= 15 is 0 Å². The zero-order chi connectivity index (χ0) is 19.8. The lowest BCUT2D eigenvalue weighted by molar-refractivity contribution is -0.117. The molecule has 0 fully saturated rings. The largest absolute Gasteiger partial charge is 0.457 e. The van der Waals surface area contributed by atoms with E-state index in [0.717, 1.165) is 11.1 Å². The van der Waals surface area contributed by atoms with Gasteiger partial charge in [0.1, 0.15) is 6.61 Å². The molecule has 5 heteroatoms. The Morgan fingerprint density at radius 1 is 0.821 bits per heavy atom. The van der Waals surface area contributed by atoms with Crippen molar-refractivity contribution in [3.63, 3.8) is 0 Å². The lowest BCUT2D eigenvalue weighted by atomic mass is 10.1. The van der Waals surface area contributed by atoms with Crippen LogP contribution in [0.15, 0.2) is 84.9 Å². The van der Waals surface area contributed by atoms with Gasteiger partial charge in [-0.15, -0.1) is 0 Å². The summed E-state index contributed by atoms with van der Waals surface area (Å²) in [5.74, 6) is -0.689. The van der Waals surface area contributed by atoms with Gasteiger partial charge in [0.05, 0.1) is 11.6 Å². The van der Waals surface area contributed by atoms with E-state index in [1.165, 1.54) is 0 Å². The Morgan fingerprint density at radius 2 is 1.39 bits per heavy atom. The van der Waals surface area contributed by atoms with E-state index in [4.69, 9.17) is 10.5 Å².